The van der Waals surface area contributed by atoms with E-state index < -0.39 is 10.0 Å². The van der Waals surface area contributed by atoms with Crippen LogP contribution in [-0.2, 0) is 10.0 Å². The van der Waals surface area contributed by atoms with Crippen LogP contribution in [0.5, 0.6) is 11.8 Å². The van der Waals surface area contributed by atoms with Gasteiger partial charge in [-0.1, -0.05) is 6.42 Å². The Kier molecular flexibility index (Phi) is 6.90. The molecule has 2 saturated heterocycles. The van der Waals surface area contributed by atoms with Crippen molar-refractivity contribution in [2.45, 2.75) is 43.1 Å². The molecule has 0 bridgehead atoms. The zero-order valence-electron chi connectivity index (χ0n) is 18.1. The number of piperidine rings is 2. The van der Waals surface area contributed by atoms with Gasteiger partial charge >= 0.3 is 0 Å². The van der Waals surface area contributed by atoms with Crippen molar-refractivity contribution in [1.29, 1.82) is 0 Å². The molecule has 4 rings (SSSR count). The van der Waals surface area contributed by atoms with Crippen molar-refractivity contribution in [2.24, 2.45) is 0 Å². The second-order valence-corrected chi connectivity index (χ2v) is 9.96. The Morgan fingerprint density at radius 2 is 1.72 bits per heavy atom. The van der Waals surface area contributed by atoms with E-state index in [9.17, 15) is 13.2 Å². The van der Waals surface area contributed by atoms with Crippen LogP contribution in [0.3, 0.4) is 0 Å². The van der Waals surface area contributed by atoms with Gasteiger partial charge in [0.2, 0.25) is 21.8 Å². The highest BCUT2D eigenvalue weighted by Gasteiger charge is 2.28. The van der Waals surface area contributed by atoms with Crippen LogP contribution in [0.25, 0.3) is 0 Å². The number of carbonyl (C=O) groups is 1. The number of nitrogens with zero attached hydrogens (tertiary/aromatic N) is 4. The number of aromatic nitrogens is 2. The quantitative estimate of drug-likeness (QED) is 0.652. The number of ether oxygens (including phenoxy) is 2. The molecule has 0 saturated carbocycles. The number of hydrogen-bond acceptors (Lipinski definition) is 7. The largest absolute Gasteiger partial charge is 0.480 e. The molecule has 1 amide bonds. The molecule has 1 atom stereocenters. The minimum absolute atomic E-state index is 0.142. The van der Waals surface area contributed by atoms with E-state index >= 15 is 0 Å². The number of likely N-dealkylation sites (tertiary alicyclic amines) is 1. The van der Waals surface area contributed by atoms with Gasteiger partial charge in [0.15, 0.2) is 0 Å². The molecule has 10 heteroatoms. The van der Waals surface area contributed by atoms with Gasteiger partial charge in [-0.15, -0.1) is 0 Å². The molecular weight excluding hydrogens is 432 g/mol. The molecule has 0 radical (unpaired) electrons. The van der Waals surface area contributed by atoms with Crippen LogP contribution >= 0.6 is 0 Å². The average molecular weight is 461 g/mol. The van der Waals surface area contributed by atoms with E-state index in [4.69, 9.17) is 9.47 Å². The molecule has 2 aromatic rings. The Labute approximate surface area is 188 Å². The van der Waals surface area contributed by atoms with Crippen LogP contribution in [0.15, 0.2) is 41.6 Å². The van der Waals surface area contributed by atoms with Crippen LogP contribution in [0, 0.1) is 0 Å². The van der Waals surface area contributed by atoms with E-state index in [0.29, 0.717) is 43.5 Å². The van der Waals surface area contributed by atoms with E-state index in [0.717, 1.165) is 32.1 Å². The van der Waals surface area contributed by atoms with Gasteiger partial charge in [-0.25, -0.2) is 8.42 Å². The second kappa shape index (κ2) is 9.83. The summed E-state index contributed by atoms with van der Waals surface area (Å²) in [6, 6.07) is 6.25. The zero-order valence-corrected chi connectivity index (χ0v) is 19.0. The smallest absolute Gasteiger partial charge is 0.253 e. The fourth-order valence-electron chi connectivity index (χ4n) is 4.08. The summed E-state index contributed by atoms with van der Waals surface area (Å²) in [7, 11) is -2.00. The molecule has 172 valence electrons. The second-order valence-electron chi connectivity index (χ2n) is 8.02. The summed E-state index contributed by atoms with van der Waals surface area (Å²) in [4.78, 5) is 23.2. The van der Waals surface area contributed by atoms with Gasteiger partial charge in [0.25, 0.3) is 5.91 Å². The lowest BCUT2D eigenvalue weighted by molar-refractivity contribution is 0.0525. The maximum atomic E-state index is 13.0. The topological polar surface area (TPSA) is 102 Å². The summed E-state index contributed by atoms with van der Waals surface area (Å²) in [6.45, 7) is 2.15. The maximum Gasteiger partial charge on any atom is 0.253 e. The SMILES string of the molecule is COc1cncc(OC2CCCN(C(=O)c3ccc(S(=O)(=O)N4CCCCC4)cc3)C2)n1. The van der Waals surface area contributed by atoms with Crippen LogP contribution in [-0.4, -0.2) is 72.9 Å². The fourth-order valence-corrected chi connectivity index (χ4v) is 5.60. The molecule has 1 unspecified atom stereocenters. The Bertz CT molecular complexity index is 1040. The van der Waals surface area contributed by atoms with E-state index in [2.05, 4.69) is 9.97 Å². The first-order valence-corrected chi connectivity index (χ1v) is 12.3. The van der Waals surface area contributed by atoms with Crippen molar-refractivity contribution in [3.05, 3.63) is 42.2 Å². The molecule has 1 aromatic heterocycles. The fraction of sp³-hybridized carbons (Fsp3) is 0.500. The molecule has 2 aliphatic rings. The van der Waals surface area contributed by atoms with E-state index in [1.807, 2.05) is 0 Å². The predicted octanol–water partition coefficient (Wildman–Crippen LogP) is 2.34. The van der Waals surface area contributed by atoms with Crippen molar-refractivity contribution < 1.29 is 22.7 Å². The molecular formula is C22H28N4O5S. The van der Waals surface area contributed by atoms with Crippen molar-refractivity contribution >= 4 is 15.9 Å². The van der Waals surface area contributed by atoms with E-state index in [1.165, 1.54) is 35.9 Å². The lowest BCUT2D eigenvalue weighted by Gasteiger charge is -2.32. The van der Waals surface area contributed by atoms with Gasteiger partial charge < -0.3 is 14.4 Å². The van der Waals surface area contributed by atoms with E-state index in [-0.39, 0.29) is 16.9 Å². The Hall–Kier alpha value is -2.72. The minimum Gasteiger partial charge on any atom is -0.480 e. The molecule has 2 aliphatic heterocycles. The van der Waals surface area contributed by atoms with Crippen molar-refractivity contribution in [2.75, 3.05) is 33.3 Å². The van der Waals surface area contributed by atoms with Crippen LogP contribution in [0.1, 0.15) is 42.5 Å². The van der Waals surface area contributed by atoms with Gasteiger partial charge in [-0.3, -0.25) is 9.78 Å². The molecule has 0 aliphatic carbocycles. The first-order chi connectivity index (χ1) is 15.5. The third-order valence-electron chi connectivity index (χ3n) is 5.81. The Morgan fingerprint density at radius 1 is 1.00 bits per heavy atom. The van der Waals surface area contributed by atoms with Crippen molar-refractivity contribution in [3.63, 3.8) is 0 Å². The number of hydrogen-bond donors (Lipinski definition) is 0. The van der Waals surface area contributed by atoms with Crippen LogP contribution < -0.4 is 9.47 Å². The van der Waals surface area contributed by atoms with Gasteiger partial charge in [0, 0.05) is 25.2 Å². The molecule has 0 spiro atoms. The monoisotopic (exact) mass is 460 g/mol. The van der Waals surface area contributed by atoms with Gasteiger partial charge in [0.05, 0.1) is 30.9 Å². The lowest BCUT2D eigenvalue weighted by Crippen LogP contribution is -2.44. The Balaban J connectivity index is 1.41. The standard InChI is InChI=1S/C22H28N4O5S/c1-30-20-14-23-15-21(24-20)31-18-6-5-11-25(16-18)22(27)17-7-9-19(10-8-17)32(28,29)26-12-3-2-4-13-26/h7-10,14-15,18H,2-6,11-13,16H2,1H3. The summed E-state index contributed by atoms with van der Waals surface area (Å²) < 4.78 is 38.2. The number of benzene rings is 1. The lowest BCUT2D eigenvalue weighted by atomic mass is 10.1. The zero-order chi connectivity index (χ0) is 22.6. The number of sulfonamides is 1. The van der Waals surface area contributed by atoms with E-state index in [1.54, 1.807) is 17.0 Å². The molecule has 9 nitrogen and oxygen atoms in total. The Morgan fingerprint density at radius 3 is 2.44 bits per heavy atom. The summed E-state index contributed by atoms with van der Waals surface area (Å²) in [6.07, 6.45) is 7.25. The highest BCUT2D eigenvalue weighted by molar-refractivity contribution is 7.89. The molecule has 0 N–H and O–H groups in total. The summed E-state index contributed by atoms with van der Waals surface area (Å²) in [5.41, 5.74) is 0.462. The number of carbonyl (C=O) groups excluding carboxylic acids is 1. The number of rotatable bonds is 6. The summed E-state index contributed by atoms with van der Waals surface area (Å²) in [5.74, 6) is 0.582. The van der Waals surface area contributed by atoms with Gasteiger partial charge in [0.1, 0.15) is 6.10 Å². The first kappa shape index (κ1) is 22.5. The number of amides is 1. The first-order valence-electron chi connectivity index (χ1n) is 10.9. The highest BCUT2D eigenvalue weighted by atomic mass is 32.2. The maximum absolute atomic E-state index is 13.0. The minimum atomic E-state index is -3.51. The molecule has 32 heavy (non-hydrogen) atoms. The summed E-state index contributed by atoms with van der Waals surface area (Å²) in [5, 5.41) is 0. The molecule has 3 heterocycles. The van der Waals surface area contributed by atoms with Gasteiger partial charge in [-0.05, 0) is 49.9 Å². The van der Waals surface area contributed by atoms with Crippen LogP contribution in [0.4, 0.5) is 0 Å². The van der Waals surface area contributed by atoms with Crippen molar-refractivity contribution in [1.82, 2.24) is 19.2 Å². The van der Waals surface area contributed by atoms with Gasteiger partial charge in [-0.2, -0.15) is 9.29 Å². The third-order valence-corrected chi connectivity index (χ3v) is 7.72. The highest BCUT2D eigenvalue weighted by Crippen LogP contribution is 2.23. The molecule has 1 aromatic carbocycles. The van der Waals surface area contributed by atoms with Crippen LogP contribution in [0.2, 0.25) is 0 Å². The molecule has 2 fully saturated rings. The third kappa shape index (κ3) is 5.02. The normalized spacial score (nSPS) is 20.0. The average Bonchev–Trinajstić information content (AvgIpc) is 2.84. The number of methoxy groups -OCH3 is 1. The summed E-state index contributed by atoms with van der Waals surface area (Å²) >= 11 is 0. The predicted molar refractivity (Wildman–Crippen MR) is 117 cm³/mol. The van der Waals surface area contributed by atoms with Crippen molar-refractivity contribution in [3.8, 4) is 11.8 Å².